The van der Waals surface area contributed by atoms with Gasteiger partial charge in [0.2, 0.25) is 5.91 Å². The second-order valence-electron chi connectivity index (χ2n) is 2.84. The quantitative estimate of drug-likeness (QED) is 0.451. The van der Waals surface area contributed by atoms with Crippen molar-refractivity contribution < 1.29 is 14.8 Å². The summed E-state index contributed by atoms with van der Waals surface area (Å²) in [4.78, 5) is 20.8. The Hall–Kier alpha value is -2.62. The van der Waals surface area contributed by atoms with Gasteiger partial charge in [-0.2, -0.15) is 5.26 Å². The molecule has 82 valence electrons. The third-order valence-corrected chi connectivity index (χ3v) is 1.70. The van der Waals surface area contributed by atoms with E-state index in [4.69, 9.17) is 5.26 Å². The van der Waals surface area contributed by atoms with Gasteiger partial charge in [-0.15, -0.1) is 0 Å². The topological polar surface area (TPSA) is 116 Å². The first-order valence-electron chi connectivity index (χ1n) is 4.19. The molecule has 0 atom stereocenters. The lowest BCUT2D eigenvalue weighted by molar-refractivity contribution is -0.384. The number of nitro groups is 1. The molecular weight excluding hydrogens is 214 g/mol. The van der Waals surface area contributed by atoms with E-state index in [0.717, 1.165) is 18.2 Å². The number of phenolic OH excluding ortho intramolecular Hbond substituents is 1. The zero-order valence-corrected chi connectivity index (χ0v) is 8.01. The number of carbonyl (C=O) groups is 1. The molecule has 0 aliphatic heterocycles. The number of non-ortho nitro benzene ring substituents is 1. The van der Waals surface area contributed by atoms with Crippen LogP contribution in [0.4, 0.5) is 11.4 Å². The lowest BCUT2D eigenvalue weighted by atomic mass is 10.2. The summed E-state index contributed by atoms with van der Waals surface area (Å²) < 4.78 is 0. The van der Waals surface area contributed by atoms with Crippen LogP contribution in [0.15, 0.2) is 18.2 Å². The molecule has 16 heavy (non-hydrogen) atoms. The van der Waals surface area contributed by atoms with Crippen molar-refractivity contribution in [2.45, 2.75) is 6.42 Å². The Morgan fingerprint density at radius 3 is 2.88 bits per heavy atom. The lowest BCUT2D eigenvalue weighted by Crippen LogP contribution is -2.10. The van der Waals surface area contributed by atoms with Crippen molar-refractivity contribution in [2.75, 3.05) is 5.32 Å². The molecule has 0 radical (unpaired) electrons. The average Bonchev–Trinajstić information content (AvgIpc) is 2.21. The first-order valence-corrected chi connectivity index (χ1v) is 4.19. The molecule has 0 fully saturated rings. The third-order valence-electron chi connectivity index (χ3n) is 1.70. The van der Waals surface area contributed by atoms with Crippen molar-refractivity contribution >= 4 is 17.3 Å². The first kappa shape index (κ1) is 11.5. The first-order chi connectivity index (χ1) is 7.54. The van der Waals surface area contributed by atoms with Crippen molar-refractivity contribution in [3.8, 4) is 11.8 Å². The van der Waals surface area contributed by atoms with E-state index in [2.05, 4.69) is 5.32 Å². The molecular formula is C9H7N3O4. The van der Waals surface area contributed by atoms with Crippen LogP contribution in [0, 0.1) is 21.4 Å². The summed E-state index contributed by atoms with van der Waals surface area (Å²) in [6, 6.07) is 4.84. The molecule has 7 nitrogen and oxygen atoms in total. The zero-order chi connectivity index (χ0) is 12.1. The van der Waals surface area contributed by atoms with Gasteiger partial charge in [0.25, 0.3) is 5.69 Å². The minimum absolute atomic E-state index is 0.0885. The van der Waals surface area contributed by atoms with Gasteiger partial charge >= 0.3 is 0 Å². The molecule has 0 unspecified atom stereocenters. The summed E-state index contributed by atoms with van der Waals surface area (Å²) in [5.41, 5.74) is -0.348. The molecule has 1 aromatic carbocycles. The molecule has 0 aliphatic carbocycles. The number of rotatable bonds is 3. The predicted octanol–water partition coefficient (Wildman–Crippen LogP) is 1.15. The number of carbonyl (C=O) groups excluding carboxylic acids is 1. The fourth-order valence-electron chi connectivity index (χ4n) is 1.00. The van der Waals surface area contributed by atoms with E-state index < -0.39 is 10.8 Å². The molecule has 2 N–H and O–H groups in total. The van der Waals surface area contributed by atoms with Crippen LogP contribution in [0.2, 0.25) is 0 Å². The Morgan fingerprint density at radius 2 is 2.31 bits per heavy atom. The Labute approximate surface area is 90.1 Å². The highest BCUT2D eigenvalue weighted by Gasteiger charge is 2.12. The molecule has 1 aromatic rings. The van der Waals surface area contributed by atoms with E-state index in [1.54, 1.807) is 6.07 Å². The van der Waals surface area contributed by atoms with Crippen molar-refractivity contribution in [3.63, 3.8) is 0 Å². The maximum Gasteiger partial charge on any atom is 0.271 e. The van der Waals surface area contributed by atoms with Crippen molar-refractivity contribution in [1.82, 2.24) is 0 Å². The molecule has 7 heteroatoms. The van der Waals surface area contributed by atoms with E-state index >= 15 is 0 Å². The maximum atomic E-state index is 11.0. The van der Waals surface area contributed by atoms with Gasteiger partial charge in [0.05, 0.1) is 16.7 Å². The Balaban J connectivity index is 2.95. The minimum Gasteiger partial charge on any atom is -0.506 e. The summed E-state index contributed by atoms with van der Waals surface area (Å²) in [5.74, 6) is -0.935. The number of anilines is 1. The number of nitriles is 1. The van der Waals surface area contributed by atoms with E-state index in [1.165, 1.54) is 0 Å². The number of phenols is 1. The summed E-state index contributed by atoms with van der Waals surface area (Å²) in [7, 11) is 0. The monoisotopic (exact) mass is 221 g/mol. The lowest BCUT2D eigenvalue weighted by Gasteiger charge is -2.04. The second-order valence-corrected chi connectivity index (χ2v) is 2.84. The molecule has 1 rings (SSSR count). The fraction of sp³-hybridized carbons (Fsp3) is 0.111. The number of hydrogen-bond donors (Lipinski definition) is 2. The molecule has 0 saturated heterocycles. The second kappa shape index (κ2) is 4.75. The number of amides is 1. The van der Waals surface area contributed by atoms with E-state index in [1.807, 2.05) is 0 Å². The maximum absolute atomic E-state index is 11.0. The van der Waals surface area contributed by atoms with Crippen LogP contribution in [0.3, 0.4) is 0 Å². The van der Waals surface area contributed by atoms with Gasteiger partial charge < -0.3 is 10.4 Å². The number of nitrogens with one attached hydrogen (secondary N) is 1. The average molecular weight is 221 g/mol. The van der Waals surface area contributed by atoms with Crippen molar-refractivity contribution in [3.05, 3.63) is 28.3 Å². The molecule has 0 aliphatic rings. The SMILES string of the molecule is N#CCC(=O)Nc1cc([N+](=O)[O-])ccc1O. The zero-order valence-electron chi connectivity index (χ0n) is 8.01. The van der Waals surface area contributed by atoms with E-state index in [9.17, 15) is 20.0 Å². The summed E-state index contributed by atoms with van der Waals surface area (Å²) in [5, 5.41) is 30.2. The van der Waals surface area contributed by atoms with Gasteiger partial charge in [-0.05, 0) is 6.07 Å². The summed E-state index contributed by atoms with van der Waals surface area (Å²) >= 11 is 0. The highest BCUT2D eigenvalue weighted by molar-refractivity contribution is 5.93. The van der Waals surface area contributed by atoms with Crippen LogP contribution in [0.25, 0.3) is 0 Å². The standard InChI is InChI=1S/C9H7N3O4/c10-4-3-9(14)11-7-5-6(12(15)16)1-2-8(7)13/h1-2,5,13H,3H2,(H,11,14). The van der Waals surface area contributed by atoms with Crippen LogP contribution < -0.4 is 5.32 Å². The van der Waals surface area contributed by atoms with Crippen LogP contribution in [-0.2, 0) is 4.79 Å². The highest BCUT2D eigenvalue weighted by atomic mass is 16.6. The molecule has 0 saturated carbocycles. The number of aromatic hydroxyl groups is 1. The van der Waals surface area contributed by atoms with Gasteiger partial charge in [-0.3, -0.25) is 14.9 Å². The van der Waals surface area contributed by atoms with Gasteiger partial charge in [-0.1, -0.05) is 0 Å². The molecule has 0 heterocycles. The van der Waals surface area contributed by atoms with Crippen LogP contribution in [0.5, 0.6) is 5.75 Å². The summed E-state index contributed by atoms with van der Waals surface area (Å²) in [6.07, 6.45) is -0.387. The predicted molar refractivity (Wildman–Crippen MR) is 53.6 cm³/mol. The normalized spacial score (nSPS) is 9.19. The van der Waals surface area contributed by atoms with Crippen LogP contribution in [-0.4, -0.2) is 15.9 Å². The summed E-state index contributed by atoms with van der Waals surface area (Å²) in [6.45, 7) is 0. The van der Waals surface area contributed by atoms with E-state index in [-0.39, 0.29) is 23.5 Å². The fourth-order valence-corrected chi connectivity index (χ4v) is 1.00. The number of benzene rings is 1. The minimum atomic E-state index is -0.653. The molecule has 0 spiro atoms. The number of nitro benzene ring substituents is 1. The molecule has 0 bridgehead atoms. The smallest absolute Gasteiger partial charge is 0.271 e. The van der Waals surface area contributed by atoms with Crippen LogP contribution in [0.1, 0.15) is 6.42 Å². The molecule has 0 aromatic heterocycles. The Kier molecular flexibility index (Phi) is 3.40. The van der Waals surface area contributed by atoms with Gasteiger partial charge in [0, 0.05) is 12.1 Å². The Bertz CT molecular complexity index is 478. The van der Waals surface area contributed by atoms with Gasteiger partial charge in [0.1, 0.15) is 12.2 Å². The molecule has 1 amide bonds. The van der Waals surface area contributed by atoms with E-state index in [0.29, 0.717) is 0 Å². The Morgan fingerprint density at radius 1 is 1.62 bits per heavy atom. The highest BCUT2D eigenvalue weighted by Crippen LogP contribution is 2.27. The largest absolute Gasteiger partial charge is 0.506 e. The third kappa shape index (κ3) is 2.68. The van der Waals surface area contributed by atoms with Gasteiger partial charge in [-0.25, -0.2) is 0 Å². The van der Waals surface area contributed by atoms with Crippen LogP contribution >= 0.6 is 0 Å². The number of hydrogen-bond acceptors (Lipinski definition) is 5. The van der Waals surface area contributed by atoms with Gasteiger partial charge in [0.15, 0.2) is 0 Å². The van der Waals surface area contributed by atoms with Crippen molar-refractivity contribution in [2.24, 2.45) is 0 Å². The number of nitrogens with zero attached hydrogens (tertiary/aromatic N) is 2. The van der Waals surface area contributed by atoms with Crippen molar-refractivity contribution in [1.29, 1.82) is 5.26 Å².